The number of pyridine rings is 2. The van der Waals surface area contributed by atoms with Crippen LogP contribution in [0.15, 0.2) is 42.0 Å². The number of aromatic nitrogens is 2. The molecule has 0 bridgehead atoms. The summed E-state index contributed by atoms with van der Waals surface area (Å²) in [5.41, 5.74) is 5.28. The average Bonchev–Trinajstić information content (AvgIpc) is 2.67. The largest absolute Gasteiger partial charge is 0.370 e. The van der Waals surface area contributed by atoms with Gasteiger partial charge in [-0.2, -0.15) is 0 Å². The minimum Gasteiger partial charge on any atom is -0.370 e. The van der Waals surface area contributed by atoms with Crippen molar-refractivity contribution >= 4 is 18.1 Å². The first-order valence-electron chi connectivity index (χ1n) is 8.64. The summed E-state index contributed by atoms with van der Waals surface area (Å²) in [6, 6.07) is 8.41. The van der Waals surface area contributed by atoms with Crippen molar-refractivity contribution in [1.82, 2.24) is 20.2 Å². The standard InChI is InChI=1S/C20H25N5/c1-14-5-6-16(13-23-14)18-7-8-19(21-3)20(24-18)15(2)25(4)17-9-11-22-12-10-17/h5-8,13,17,22H,2-3,9-12H2,1,4H3. The minimum atomic E-state index is 0.470. The van der Waals surface area contributed by atoms with Crippen LogP contribution in [0.2, 0.25) is 0 Å². The Kier molecular flexibility index (Phi) is 5.24. The molecule has 1 N–H and O–H groups in total. The van der Waals surface area contributed by atoms with Gasteiger partial charge in [0.1, 0.15) is 5.69 Å². The topological polar surface area (TPSA) is 53.4 Å². The number of rotatable bonds is 5. The zero-order valence-electron chi connectivity index (χ0n) is 15.0. The molecule has 0 unspecified atom stereocenters. The van der Waals surface area contributed by atoms with Crippen LogP contribution in [0.4, 0.5) is 5.69 Å². The highest BCUT2D eigenvalue weighted by Gasteiger charge is 2.22. The summed E-state index contributed by atoms with van der Waals surface area (Å²) in [6.45, 7) is 12.0. The third-order valence-corrected chi connectivity index (χ3v) is 4.81. The van der Waals surface area contributed by atoms with E-state index in [9.17, 15) is 0 Å². The SMILES string of the molecule is C=Nc1ccc(-c2ccc(C)nc2)nc1C(=C)N(C)C1CCNCC1. The number of aliphatic imine (C=N–C) groups is 1. The van der Waals surface area contributed by atoms with E-state index in [0.717, 1.165) is 60.0 Å². The van der Waals surface area contributed by atoms with Crippen LogP contribution >= 0.6 is 0 Å². The molecule has 1 saturated heterocycles. The number of nitrogens with one attached hydrogen (secondary N) is 1. The van der Waals surface area contributed by atoms with Crippen LogP contribution in [0.3, 0.4) is 0 Å². The molecule has 3 rings (SSSR count). The van der Waals surface area contributed by atoms with Crippen molar-refractivity contribution in [3.63, 3.8) is 0 Å². The predicted molar refractivity (Wildman–Crippen MR) is 104 cm³/mol. The minimum absolute atomic E-state index is 0.470. The molecule has 0 saturated carbocycles. The molecule has 2 aromatic heterocycles. The molecule has 0 amide bonds. The van der Waals surface area contributed by atoms with E-state index in [1.165, 1.54) is 0 Å². The van der Waals surface area contributed by atoms with E-state index >= 15 is 0 Å². The van der Waals surface area contributed by atoms with Crippen molar-refractivity contribution in [2.24, 2.45) is 4.99 Å². The molecule has 1 fully saturated rings. The number of hydrogen-bond acceptors (Lipinski definition) is 5. The molecule has 0 spiro atoms. The molecule has 3 heterocycles. The number of piperidine rings is 1. The van der Waals surface area contributed by atoms with E-state index in [-0.39, 0.29) is 0 Å². The van der Waals surface area contributed by atoms with E-state index in [1.807, 2.05) is 37.4 Å². The summed E-state index contributed by atoms with van der Waals surface area (Å²) in [4.78, 5) is 15.6. The average molecular weight is 335 g/mol. The van der Waals surface area contributed by atoms with Gasteiger partial charge in [0, 0.05) is 30.5 Å². The highest BCUT2D eigenvalue weighted by atomic mass is 15.2. The van der Waals surface area contributed by atoms with Crippen LogP contribution in [0, 0.1) is 6.92 Å². The lowest BCUT2D eigenvalue weighted by molar-refractivity contribution is 0.277. The molecule has 0 radical (unpaired) electrons. The normalized spacial score (nSPS) is 15.0. The van der Waals surface area contributed by atoms with Gasteiger partial charge in [-0.15, -0.1) is 0 Å². The second-order valence-corrected chi connectivity index (χ2v) is 6.45. The summed E-state index contributed by atoms with van der Waals surface area (Å²) in [7, 11) is 2.09. The summed E-state index contributed by atoms with van der Waals surface area (Å²) < 4.78 is 0. The lowest BCUT2D eigenvalue weighted by Crippen LogP contribution is -2.40. The van der Waals surface area contributed by atoms with Crippen LogP contribution in [0.5, 0.6) is 0 Å². The van der Waals surface area contributed by atoms with Crippen LogP contribution in [-0.2, 0) is 0 Å². The Bertz CT molecular complexity index is 760. The van der Waals surface area contributed by atoms with Crippen LogP contribution in [0.1, 0.15) is 24.2 Å². The van der Waals surface area contributed by atoms with Gasteiger partial charge in [0.2, 0.25) is 0 Å². The molecule has 5 heteroatoms. The van der Waals surface area contributed by atoms with Crippen molar-refractivity contribution in [2.45, 2.75) is 25.8 Å². The third-order valence-electron chi connectivity index (χ3n) is 4.81. The molecule has 0 aromatic carbocycles. The van der Waals surface area contributed by atoms with Crippen LogP contribution < -0.4 is 5.32 Å². The highest BCUT2D eigenvalue weighted by Crippen LogP contribution is 2.30. The second-order valence-electron chi connectivity index (χ2n) is 6.45. The van der Waals surface area contributed by atoms with E-state index in [4.69, 9.17) is 4.98 Å². The van der Waals surface area contributed by atoms with Crippen LogP contribution in [-0.4, -0.2) is 47.8 Å². The summed E-state index contributed by atoms with van der Waals surface area (Å²) in [6.07, 6.45) is 4.06. The van der Waals surface area contributed by atoms with Crippen molar-refractivity contribution in [3.8, 4) is 11.3 Å². The zero-order valence-corrected chi connectivity index (χ0v) is 15.0. The molecular weight excluding hydrogens is 310 g/mol. The molecular formula is C20H25N5. The Morgan fingerprint density at radius 1 is 1.24 bits per heavy atom. The first kappa shape index (κ1) is 17.3. The number of hydrogen-bond donors (Lipinski definition) is 1. The van der Waals surface area contributed by atoms with Gasteiger partial charge in [0.05, 0.1) is 17.1 Å². The first-order chi connectivity index (χ1) is 12.1. The van der Waals surface area contributed by atoms with Gasteiger partial charge in [-0.3, -0.25) is 9.98 Å². The molecule has 0 aliphatic carbocycles. The van der Waals surface area contributed by atoms with E-state index < -0.39 is 0 Å². The van der Waals surface area contributed by atoms with Crippen molar-refractivity contribution in [3.05, 3.63) is 48.4 Å². The smallest absolute Gasteiger partial charge is 0.112 e. The molecule has 1 aliphatic heterocycles. The highest BCUT2D eigenvalue weighted by molar-refractivity contribution is 5.73. The summed E-state index contributed by atoms with van der Waals surface area (Å²) in [5, 5.41) is 3.40. The zero-order chi connectivity index (χ0) is 17.8. The lowest BCUT2D eigenvalue weighted by Gasteiger charge is -2.34. The third kappa shape index (κ3) is 3.77. The second kappa shape index (κ2) is 7.57. The maximum absolute atomic E-state index is 4.83. The van der Waals surface area contributed by atoms with Crippen LogP contribution in [0.25, 0.3) is 17.0 Å². The first-order valence-corrected chi connectivity index (χ1v) is 8.64. The Morgan fingerprint density at radius 2 is 2.00 bits per heavy atom. The summed E-state index contributed by atoms with van der Waals surface area (Å²) >= 11 is 0. The fraction of sp³-hybridized carbons (Fsp3) is 0.350. The Labute approximate surface area is 149 Å². The number of nitrogens with zero attached hydrogens (tertiary/aromatic N) is 4. The Hall–Kier alpha value is -2.53. The van der Waals surface area contributed by atoms with Gasteiger partial charge in [-0.25, -0.2) is 4.98 Å². The fourth-order valence-corrected chi connectivity index (χ4v) is 3.15. The molecule has 0 atom stereocenters. The molecule has 5 nitrogen and oxygen atoms in total. The number of aryl methyl sites for hydroxylation is 1. The maximum Gasteiger partial charge on any atom is 0.112 e. The molecule has 25 heavy (non-hydrogen) atoms. The predicted octanol–water partition coefficient (Wildman–Crippen LogP) is 3.44. The van der Waals surface area contributed by atoms with Crippen molar-refractivity contribution in [2.75, 3.05) is 20.1 Å². The van der Waals surface area contributed by atoms with Gasteiger partial charge in [-0.1, -0.05) is 6.58 Å². The monoisotopic (exact) mass is 335 g/mol. The van der Waals surface area contributed by atoms with Gasteiger partial charge in [0.25, 0.3) is 0 Å². The van der Waals surface area contributed by atoms with E-state index in [1.54, 1.807) is 0 Å². The molecule has 1 aliphatic rings. The quantitative estimate of drug-likeness (QED) is 0.851. The molecule has 2 aromatic rings. The van der Waals surface area contributed by atoms with Gasteiger partial charge in [-0.05, 0) is 63.8 Å². The van der Waals surface area contributed by atoms with Gasteiger partial charge in [0.15, 0.2) is 0 Å². The van der Waals surface area contributed by atoms with E-state index in [2.05, 4.69) is 40.5 Å². The van der Waals surface area contributed by atoms with Gasteiger partial charge < -0.3 is 10.2 Å². The maximum atomic E-state index is 4.83. The van der Waals surface area contributed by atoms with Crippen molar-refractivity contribution in [1.29, 1.82) is 0 Å². The van der Waals surface area contributed by atoms with Gasteiger partial charge >= 0.3 is 0 Å². The Balaban J connectivity index is 1.93. The Morgan fingerprint density at radius 3 is 2.64 bits per heavy atom. The summed E-state index contributed by atoms with van der Waals surface area (Å²) in [5.74, 6) is 0. The fourth-order valence-electron chi connectivity index (χ4n) is 3.15. The van der Waals surface area contributed by atoms with Crippen molar-refractivity contribution < 1.29 is 0 Å². The lowest BCUT2D eigenvalue weighted by atomic mass is 10.0. The van der Waals surface area contributed by atoms with E-state index in [0.29, 0.717) is 6.04 Å². The molecule has 130 valence electrons.